The number of carbonyl (C=O) groups excluding carboxylic acids is 2. The molecular weight excluding hydrogens is 282 g/mol. The summed E-state index contributed by atoms with van der Waals surface area (Å²) in [6.45, 7) is 3.54. The highest BCUT2D eigenvalue weighted by atomic mass is 35.5. The van der Waals surface area contributed by atoms with Gasteiger partial charge in [-0.25, -0.2) is 0 Å². The molecule has 20 heavy (non-hydrogen) atoms. The van der Waals surface area contributed by atoms with Gasteiger partial charge >= 0.3 is 0 Å². The molecule has 1 rings (SSSR count). The number of ether oxygens (including phenoxy) is 1. The van der Waals surface area contributed by atoms with Crippen LogP contribution in [-0.4, -0.2) is 24.5 Å². The van der Waals surface area contributed by atoms with Crippen LogP contribution >= 0.6 is 12.4 Å². The molecule has 0 saturated carbocycles. The van der Waals surface area contributed by atoms with Gasteiger partial charge in [0.25, 0.3) is 5.91 Å². The predicted octanol–water partition coefficient (Wildman–Crippen LogP) is 0.894. The zero-order valence-corrected chi connectivity index (χ0v) is 12.3. The van der Waals surface area contributed by atoms with Crippen LogP contribution in [0.2, 0.25) is 0 Å². The van der Waals surface area contributed by atoms with Crippen molar-refractivity contribution in [2.24, 2.45) is 17.4 Å². The monoisotopic (exact) mass is 301 g/mol. The maximum atomic E-state index is 11.8. The van der Waals surface area contributed by atoms with Crippen LogP contribution in [-0.2, 0) is 9.59 Å². The molecule has 0 bridgehead atoms. The zero-order valence-electron chi connectivity index (χ0n) is 11.5. The molecule has 1 atom stereocenters. The number of halogens is 1. The molecule has 0 saturated heterocycles. The molecule has 1 unspecified atom stereocenters. The first-order chi connectivity index (χ1) is 8.90. The van der Waals surface area contributed by atoms with Crippen molar-refractivity contribution in [3.63, 3.8) is 0 Å². The molecule has 6 nitrogen and oxygen atoms in total. The van der Waals surface area contributed by atoms with Crippen molar-refractivity contribution in [1.29, 1.82) is 0 Å². The minimum Gasteiger partial charge on any atom is -0.484 e. The summed E-state index contributed by atoms with van der Waals surface area (Å²) in [6.07, 6.45) is 0. The first-order valence-corrected chi connectivity index (χ1v) is 5.97. The molecule has 1 aromatic rings. The van der Waals surface area contributed by atoms with Crippen LogP contribution in [0.15, 0.2) is 24.3 Å². The smallest absolute Gasteiger partial charge is 0.255 e. The summed E-state index contributed by atoms with van der Waals surface area (Å²) in [5.74, 6) is -0.317. The van der Waals surface area contributed by atoms with E-state index < -0.39 is 11.9 Å². The number of rotatable bonds is 6. The van der Waals surface area contributed by atoms with Gasteiger partial charge in [-0.3, -0.25) is 9.59 Å². The molecule has 0 fully saturated rings. The lowest BCUT2D eigenvalue weighted by atomic mass is 10.0. The maximum absolute atomic E-state index is 11.8. The van der Waals surface area contributed by atoms with E-state index >= 15 is 0 Å². The van der Waals surface area contributed by atoms with Crippen molar-refractivity contribution in [2.75, 3.05) is 11.9 Å². The lowest BCUT2D eigenvalue weighted by Crippen LogP contribution is -2.39. The molecule has 7 heteroatoms. The van der Waals surface area contributed by atoms with E-state index in [1.807, 2.05) is 13.8 Å². The van der Waals surface area contributed by atoms with E-state index in [2.05, 4.69) is 5.32 Å². The third kappa shape index (κ3) is 5.90. The van der Waals surface area contributed by atoms with Crippen LogP contribution in [0.5, 0.6) is 5.75 Å². The van der Waals surface area contributed by atoms with Crippen molar-refractivity contribution >= 4 is 29.9 Å². The fourth-order valence-electron chi connectivity index (χ4n) is 1.35. The highest BCUT2D eigenvalue weighted by Crippen LogP contribution is 2.17. The molecule has 0 aromatic heterocycles. The highest BCUT2D eigenvalue weighted by Gasteiger charge is 2.17. The van der Waals surface area contributed by atoms with Gasteiger partial charge in [0.2, 0.25) is 5.91 Å². The number of nitrogens with two attached hydrogens (primary N) is 2. The van der Waals surface area contributed by atoms with E-state index in [9.17, 15) is 9.59 Å². The van der Waals surface area contributed by atoms with Gasteiger partial charge in [-0.15, -0.1) is 12.4 Å². The standard InChI is InChI=1S/C13H19N3O3.ClH/c1-8(2)12(15)13(18)16-9-4-3-5-10(6-9)19-7-11(14)17;/h3-6,8,12H,7,15H2,1-2H3,(H2,14,17)(H,16,18);1H. The Balaban J connectivity index is 0.00000361. The van der Waals surface area contributed by atoms with Gasteiger partial charge in [0.1, 0.15) is 5.75 Å². The number of carbonyl (C=O) groups is 2. The normalized spacial score (nSPS) is 11.4. The third-order valence-electron chi connectivity index (χ3n) is 2.50. The number of amides is 2. The lowest BCUT2D eigenvalue weighted by Gasteiger charge is -2.15. The van der Waals surface area contributed by atoms with E-state index in [1.165, 1.54) is 0 Å². The fraction of sp³-hybridized carbons (Fsp3) is 0.385. The first kappa shape index (κ1) is 18.2. The van der Waals surface area contributed by atoms with Crippen molar-refractivity contribution in [1.82, 2.24) is 0 Å². The van der Waals surface area contributed by atoms with Gasteiger partial charge in [-0.1, -0.05) is 19.9 Å². The van der Waals surface area contributed by atoms with Crippen molar-refractivity contribution < 1.29 is 14.3 Å². The second-order valence-electron chi connectivity index (χ2n) is 4.54. The Hall–Kier alpha value is -1.79. The zero-order chi connectivity index (χ0) is 14.4. The number of nitrogens with one attached hydrogen (secondary N) is 1. The van der Waals surface area contributed by atoms with E-state index in [4.69, 9.17) is 16.2 Å². The van der Waals surface area contributed by atoms with Crippen LogP contribution in [0.3, 0.4) is 0 Å². The predicted molar refractivity (Wildman–Crippen MR) is 79.8 cm³/mol. The topological polar surface area (TPSA) is 107 Å². The fourth-order valence-corrected chi connectivity index (χ4v) is 1.35. The Morgan fingerprint density at radius 3 is 2.55 bits per heavy atom. The second-order valence-corrected chi connectivity index (χ2v) is 4.54. The molecule has 0 aliphatic rings. The van der Waals surface area contributed by atoms with Gasteiger partial charge in [0.15, 0.2) is 6.61 Å². The minimum absolute atomic E-state index is 0. The summed E-state index contributed by atoms with van der Waals surface area (Å²) in [5, 5.41) is 2.69. The van der Waals surface area contributed by atoms with Crippen LogP contribution in [0, 0.1) is 5.92 Å². The summed E-state index contributed by atoms with van der Waals surface area (Å²) in [5.41, 5.74) is 11.3. The minimum atomic E-state index is -0.574. The molecule has 2 amide bonds. The second kappa shape index (κ2) is 8.39. The van der Waals surface area contributed by atoms with E-state index in [0.717, 1.165) is 0 Å². The number of hydrogen-bond donors (Lipinski definition) is 3. The average molecular weight is 302 g/mol. The van der Waals surface area contributed by atoms with Crippen LogP contribution in [0.1, 0.15) is 13.8 Å². The summed E-state index contributed by atoms with van der Waals surface area (Å²) < 4.78 is 5.14. The Labute approximate surface area is 124 Å². The molecule has 0 heterocycles. The summed E-state index contributed by atoms with van der Waals surface area (Å²) in [7, 11) is 0. The van der Waals surface area contributed by atoms with Crippen molar-refractivity contribution in [3.05, 3.63) is 24.3 Å². The average Bonchev–Trinajstić information content (AvgIpc) is 2.35. The SMILES string of the molecule is CC(C)C(N)C(=O)Nc1cccc(OCC(N)=O)c1.Cl. The van der Waals surface area contributed by atoms with Crippen LogP contribution in [0.4, 0.5) is 5.69 Å². The van der Waals surface area contributed by atoms with Gasteiger partial charge in [0.05, 0.1) is 6.04 Å². The molecule has 5 N–H and O–H groups in total. The quantitative estimate of drug-likeness (QED) is 0.725. The maximum Gasteiger partial charge on any atom is 0.255 e. The van der Waals surface area contributed by atoms with E-state index in [0.29, 0.717) is 11.4 Å². The summed E-state index contributed by atoms with van der Waals surface area (Å²) >= 11 is 0. The van der Waals surface area contributed by atoms with Gasteiger partial charge in [-0.05, 0) is 18.1 Å². The van der Waals surface area contributed by atoms with Crippen molar-refractivity contribution in [3.8, 4) is 5.75 Å². The molecule has 0 radical (unpaired) electrons. The number of hydrogen-bond acceptors (Lipinski definition) is 4. The number of benzene rings is 1. The lowest BCUT2D eigenvalue weighted by molar-refractivity contribution is -0.120. The van der Waals surface area contributed by atoms with Crippen LogP contribution < -0.4 is 21.5 Å². The van der Waals surface area contributed by atoms with E-state index in [1.54, 1.807) is 24.3 Å². The van der Waals surface area contributed by atoms with Gasteiger partial charge < -0.3 is 21.5 Å². The Morgan fingerprint density at radius 2 is 2.00 bits per heavy atom. The molecule has 112 valence electrons. The summed E-state index contributed by atoms with van der Waals surface area (Å²) in [4.78, 5) is 22.4. The summed E-state index contributed by atoms with van der Waals surface area (Å²) in [6, 6.07) is 6.11. The molecular formula is C13H20ClN3O3. The van der Waals surface area contributed by atoms with Gasteiger partial charge in [-0.2, -0.15) is 0 Å². The molecule has 0 aliphatic carbocycles. The van der Waals surface area contributed by atoms with Crippen molar-refractivity contribution in [2.45, 2.75) is 19.9 Å². The Morgan fingerprint density at radius 1 is 1.35 bits per heavy atom. The van der Waals surface area contributed by atoms with Crippen LogP contribution in [0.25, 0.3) is 0 Å². The van der Waals surface area contributed by atoms with E-state index in [-0.39, 0.29) is 30.8 Å². The number of primary amides is 1. The first-order valence-electron chi connectivity index (χ1n) is 5.97. The number of anilines is 1. The molecule has 0 spiro atoms. The molecule has 0 aliphatic heterocycles. The van der Waals surface area contributed by atoms with Gasteiger partial charge in [0, 0.05) is 11.8 Å². The third-order valence-corrected chi connectivity index (χ3v) is 2.50. The Bertz CT molecular complexity index is 466. The molecule has 1 aromatic carbocycles. The largest absolute Gasteiger partial charge is 0.484 e. The highest BCUT2D eigenvalue weighted by molar-refractivity contribution is 5.95. The Kier molecular flexibility index (Phi) is 7.64.